The summed E-state index contributed by atoms with van der Waals surface area (Å²) in [5.74, 6) is 0. The van der Waals surface area contributed by atoms with E-state index in [2.05, 4.69) is 12.2 Å². The van der Waals surface area contributed by atoms with Crippen LogP contribution in [0.25, 0.3) is 0 Å². The van der Waals surface area contributed by atoms with Gasteiger partial charge >= 0.3 is 0 Å². The minimum Gasteiger partial charge on any atom is -0.0623 e. The maximum absolute atomic E-state index is 4.77. The Kier molecular flexibility index (Phi) is 6.93. The van der Waals surface area contributed by atoms with E-state index in [-0.39, 0.29) is 3.78 Å². The molecule has 0 atom stereocenters. The number of hydrogen-bond acceptors (Lipinski definition) is 1. The van der Waals surface area contributed by atoms with Gasteiger partial charge in [0.15, 0.2) is 3.78 Å². The van der Waals surface area contributed by atoms with Gasteiger partial charge in [0, 0.05) is 0 Å². The molecule has 0 saturated carbocycles. The van der Waals surface area contributed by atoms with Gasteiger partial charge in [0.2, 0.25) is 0 Å². The van der Waals surface area contributed by atoms with Gasteiger partial charge in [0.1, 0.15) is 0 Å². The molecule has 0 bridgehead atoms. The average molecular weight is 193 g/mol. The van der Waals surface area contributed by atoms with Crippen LogP contribution in [-0.2, 0) is 0 Å². The van der Waals surface area contributed by atoms with Crippen LogP contribution < -0.4 is 0 Å². The smallest absolute Gasteiger partial charge is 0.0623 e. The normalized spacial score (nSPS) is 7.40. The third-order valence-electron chi connectivity index (χ3n) is 0.667. The van der Waals surface area contributed by atoms with Crippen LogP contribution in [0, 0.1) is 0 Å². The molecular weight excluding hydrogens is 187 g/mol. The Bertz CT molecular complexity index is 144. The molecule has 0 amide bonds. The third kappa shape index (κ3) is 10.8. The second kappa shape index (κ2) is 7.00. The molecule has 0 aliphatic heterocycles. The van der Waals surface area contributed by atoms with Crippen molar-refractivity contribution < 1.29 is 0 Å². The van der Waals surface area contributed by atoms with Crippen molar-refractivity contribution in [1.29, 1.82) is 0 Å². The van der Waals surface area contributed by atoms with Crippen molar-refractivity contribution in [2.24, 2.45) is 0 Å². The van der Waals surface area contributed by atoms with Crippen LogP contribution in [0.15, 0.2) is 36.4 Å². The second-order valence-electron chi connectivity index (χ2n) is 1.38. The van der Waals surface area contributed by atoms with Gasteiger partial charge in [-0.1, -0.05) is 71.8 Å². The van der Waals surface area contributed by atoms with Crippen molar-refractivity contribution in [3.8, 4) is 0 Å². The quantitative estimate of drug-likeness (QED) is 0.449. The number of thiocarbonyl (C=S) groups is 1. The van der Waals surface area contributed by atoms with Crippen LogP contribution in [0.4, 0.5) is 0 Å². The molecule has 0 radical (unpaired) electrons. The van der Waals surface area contributed by atoms with Gasteiger partial charge in [0.25, 0.3) is 0 Å². The molecule has 0 aliphatic rings. The first-order valence-corrected chi connectivity index (χ1v) is 3.75. The lowest BCUT2D eigenvalue weighted by Crippen LogP contribution is -1.47. The topological polar surface area (TPSA) is 0 Å². The van der Waals surface area contributed by atoms with Gasteiger partial charge in [-0.15, -0.1) is 0 Å². The fourth-order valence-corrected chi connectivity index (χ4v) is 0.385. The molecule has 0 unspecified atom stereocenters. The average Bonchev–Trinajstić information content (AvgIpc) is 1.90. The minimum atomic E-state index is -0.0556. The van der Waals surface area contributed by atoms with E-state index in [1.807, 2.05) is 36.4 Å². The van der Waals surface area contributed by atoms with Crippen LogP contribution in [0.2, 0.25) is 0 Å². The molecule has 0 saturated heterocycles. The van der Waals surface area contributed by atoms with Gasteiger partial charge in [-0.05, 0) is 0 Å². The van der Waals surface area contributed by atoms with Crippen molar-refractivity contribution in [3.63, 3.8) is 0 Å². The fourth-order valence-electron chi connectivity index (χ4n) is 0.385. The largest absolute Gasteiger partial charge is 0.169 e. The standard InChI is InChI=1S/C6H6.CCl2S/c1-2-4-6-5-3-1;2-1(3)4/h1-6H;. The van der Waals surface area contributed by atoms with Crippen LogP contribution >= 0.6 is 35.4 Å². The molecule has 0 spiro atoms. The van der Waals surface area contributed by atoms with E-state index in [4.69, 9.17) is 23.2 Å². The molecule has 54 valence electrons. The minimum absolute atomic E-state index is 0.0556. The highest BCUT2D eigenvalue weighted by atomic mass is 35.5. The van der Waals surface area contributed by atoms with Crippen LogP contribution in [0.1, 0.15) is 0 Å². The van der Waals surface area contributed by atoms with Gasteiger partial charge in [-0.25, -0.2) is 0 Å². The summed E-state index contributed by atoms with van der Waals surface area (Å²) in [6.07, 6.45) is 0. The zero-order valence-corrected chi connectivity index (χ0v) is 7.46. The maximum Gasteiger partial charge on any atom is 0.169 e. The molecule has 10 heavy (non-hydrogen) atoms. The van der Waals surface area contributed by atoms with E-state index in [1.165, 1.54) is 0 Å². The van der Waals surface area contributed by atoms with Crippen molar-refractivity contribution in [2.45, 2.75) is 0 Å². The third-order valence-corrected chi connectivity index (χ3v) is 0.667. The fraction of sp³-hybridized carbons (Fsp3) is 0. The van der Waals surface area contributed by atoms with Gasteiger partial charge in [-0.3, -0.25) is 0 Å². The molecule has 1 aromatic rings. The highest BCUT2D eigenvalue weighted by Gasteiger charge is 1.64. The van der Waals surface area contributed by atoms with Crippen molar-refractivity contribution in [2.75, 3.05) is 0 Å². The summed E-state index contributed by atoms with van der Waals surface area (Å²) in [6, 6.07) is 12.0. The molecule has 0 fully saturated rings. The molecule has 0 N–H and O–H groups in total. The first-order chi connectivity index (χ1) is 4.73. The molecule has 0 aromatic heterocycles. The maximum atomic E-state index is 4.77. The Morgan fingerprint density at radius 1 is 0.800 bits per heavy atom. The summed E-state index contributed by atoms with van der Waals surface area (Å²) in [5, 5.41) is 0. The van der Waals surface area contributed by atoms with E-state index >= 15 is 0 Å². The van der Waals surface area contributed by atoms with Gasteiger partial charge < -0.3 is 0 Å². The second-order valence-corrected chi connectivity index (χ2v) is 3.19. The summed E-state index contributed by atoms with van der Waals surface area (Å²) in [4.78, 5) is 0. The molecule has 3 heteroatoms. The number of halogens is 2. The molecule has 0 nitrogen and oxygen atoms in total. The zero-order valence-electron chi connectivity index (χ0n) is 5.13. The van der Waals surface area contributed by atoms with E-state index in [0.29, 0.717) is 0 Å². The van der Waals surface area contributed by atoms with E-state index in [1.54, 1.807) is 0 Å². The highest BCUT2D eigenvalue weighted by molar-refractivity contribution is 7.86. The molecule has 0 heterocycles. The Balaban J connectivity index is 0.000000180. The predicted octanol–water partition coefficient (Wildman–Crippen LogP) is 3.44. The van der Waals surface area contributed by atoms with Crippen LogP contribution in [-0.4, -0.2) is 3.78 Å². The number of rotatable bonds is 0. The van der Waals surface area contributed by atoms with Crippen LogP contribution in [0.3, 0.4) is 0 Å². The summed E-state index contributed by atoms with van der Waals surface area (Å²) >= 11 is 13.6. The Hall–Kier alpha value is -0.110. The van der Waals surface area contributed by atoms with Crippen LogP contribution in [0.5, 0.6) is 0 Å². The van der Waals surface area contributed by atoms with Crippen molar-refractivity contribution >= 4 is 39.2 Å². The number of benzene rings is 1. The zero-order chi connectivity index (χ0) is 7.82. The summed E-state index contributed by atoms with van der Waals surface area (Å²) in [5.41, 5.74) is 0. The first-order valence-electron chi connectivity index (χ1n) is 2.58. The SMILES string of the molecule is S=C(Cl)Cl.c1ccccc1. The van der Waals surface area contributed by atoms with Crippen molar-refractivity contribution in [1.82, 2.24) is 0 Å². The molecule has 1 aromatic carbocycles. The lowest BCUT2D eigenvalue weighted by atomic mass is 10.4. The monoisotopic (exact) mass is 192 g/mol. The van der Waals surface area contributed by atoms with Gasteiger partial charge in [0.05, 0.1) is 0 Å². The summed E-state index contributed by atoms with van der Waals surface area (Å²) in [6.45, 7) is 0. The van der Waals surface area contributed by atoms with E-state index in [9.17, 15) is 0 Å². The lowest BCUT2D eigenvalue weighted by Gasteiger charge is -1.69. The van der Waals surface area contributed by atoms with Gasteiger partial charge in [-0.2, -0.15) is 0 Å². The molecular formula is C7H6Cl2S. The Morgan fingerprint density at radius 3 is 1.00 bits per heavy atom. The summed E-state index contributed by atoms with van der Waals surface area (Å²) < 4.78 is -0.0556. The molecule has 1 rings (SSSR count). The predicted molar refractivity (Wildman–Crippen MR) is 50.7 cm³/mol. The van der Waals surface area contributed by atoms with E-state index in [0.717, 1.165) is 0 Å². The highest BCUT2D eigenvalue weighted by Crippen LogP contribution is 1.86. The summed E-state index contributed by atoms with van der Waals surface area (Å²) in [7, 11) is 0. The lowest BCUT2D eigenvalue weighted by molar-refractivity contribution is 1.72. The first kappa shape index (κ1) is 9.89. The Morgan fingerprint density at radius 2 is 0.900 bits per heavy atom. The van der Waals surface area contributed by atoms with E-state index < -0.39 is 0 Å². The molecule has 0 aliphatic carbocycles. The number of hydrogen-bond donors (Lipinski definition) is 0. The van der Waals surface area contributed by atoms with Crippen molar-refractivity contribution in [3.05, 3.63) is 36.4 Å². The Labute approximate surface area is 75.8 Å².